The molecule has 0 spiro atoms. The number of thiol groups is 1. The lowest BCUT2D eigenvalue weighted by Crippen LogP contribution is -1.85. The van der Waals surface area contributed by atoms with Crippen molar-refractivity contribution in [3.05, 3.63) is 35.0 Å². The lowest BCUT2D eigenvalue weighted by Gasteiger charge is -1.92. The summed E-state index contributed by atoms with van der Waals surface area (Å²) in [6.07, 6.45) is 2.75. The van der Waals surface area contributed by atoms with Gasteiger partial charge in [0.15, 0.2) is 0 Å². The molecule has 4 heteroatoms. The number of hydrogen-bond donors (Lipinski definition) is 1. The molecule has 0 saturated carbocycles. The van der Waals surface area contributed by atoms with E-state index < -0.39 is 0 Å². The van der Waals surface area contributed by atoms with Crippen molar-refractivity contribution in [3.8, 4) is 10.7 Å². The zero-order valence-corrected chi connectivity index (χ0v) is 10.2. The van der Waals surface area contributed by atoms with Crippen LogP contribution in [0.1, 0.15) is 17.5 Å². The molecule has 0 aromatic carbocycles. The van der Waals surface area contributed by atoms with Crippen LogP contribution < -0.4 is 0 Å². The maximum Gasteiger partial charge on any atom is 0.142 e. The predicted molar refractivity (Wildman–Crippen MR) is 67.4 cm³/mol. The number of aryl methyl sites for hydroxylation is 1. The van der Waals surface area contributed by atoms with Gasteiger partial charge in [-0.1, -0.05) is 13.0 Å². The molecule has 0 N–H and O–H groups in total. The van der Waals surface area contributed by atoms with Crippen molar-refractivity contribution in [1.82, 2.24) is 9.97 Å². The van der Waals surface area contributed by atoms with Crippen LogP contribution in [0.2, 0.25) is 0 Å². The van der Waals surface area contributed by atoms with Gasteiger partial charge in [-0.3, -0.25) is 4.98 Å². The quantitative estimate of drug-likeness (QED) is 0.828. The van der Waals surface area contributed by atoms with E-state index >= 15 is 0 Å². The predicted octanol–water partition coefficient (Wildman–Crippen LogP) is 3.20. The summed E-state index contributed by atoms with van der Waals surface area (Å²) in [5.74, 6) is 0.758. The van der Waals surface area contributed by atoms with Gasteiger partial charge < -0.3 is 0 Å². The third-order valence-corrected chi connectivity index (χ3v) is 3.79. The van der Waals surface area contributed by atoms with Crippen LogP contribution in [0, 0.1) is 0 Å². The van der Waals surface area contributed by atoms with Crippen LogP contribution in [0.5, 0.6) is 0 Å². The highest BCUT2D eigenvalue weighted by Crippen LogP contribution is 2.27. The summed E-state index contributed by atoms with van der Waals surface area (Å²) >= 11 is 6.00. The SMILES string of the molecule is CCc1nc(-c2ccccn2)sc1CS. The van der Waals surface area contributed by atoms with Gasteiger partial charge in [0.25, 0.3) is 0 Å². The van der Waals surface area contributed by atoms with Crippen molar-refractivity contribution >= 4 is 24.0 Å². The van der Waals surface area contributed by atoms with E-state index in [0.717, 1.165) is 28.6 Å². The number of pyridine rings is 1. The van der Waals surface area contributed by atoms with Gasteiger partial charge in [0.05, 0.1) is 11.4 Å². The molecule has 0 radical (unpaired) electrons. The van der Waals surface area contributed by atoms with Crippen molar-refractivity contribution in [2.24, 2.45) is 0 Å². The van der Waals surface area contributed by atoms with Crippen LogP contribution in [0.3, 0.4) is 0 Å². The Balaban J connectivity index is 2.42. The highest BCUT2D eigenvalue weighted by Gasteiger charge is 2.10. The summed E-state index contributed by atoms with van der Waals surface area (Å²) in [7, 11) is 0. The summed E-state index contributed by atoms with van der Waals surface area (Å²) in [6, 6.07) is 5.88. The van der Waals surface area contributed by atoms with E-state index in [9.17, 15) is 0 Å². The van der Waals surface area contributed by atoms with Gasteiger partial charge in [0, 0.05) is 16.8 Å². The fraction of sp³-hybridized carbons (Fsp3) is 0.273. The average molecular weight is 236 g/mol. The number of rotatable bonds is 3. The first kappa shape index (κ1) is 10.6. The highest BCUT2D eigenvalue weighted by molar-refractivity contribution is 7.79. The molecule has 0 bridgehead atoms. The number of nitrogens with zero attached hydrogens (tertiary/aromatic N) is 2. The Bertz CT molecular complexity index is 416. The molecule has 0 saturated heterocycles. The zero-order chi connectivity index (χ0) is 10.7. The minimum atomic E-state index is 0.758. The largest absolute Gasteiger partial charge is 0.254 e. The molecule has 2 nitrogen and oxygen atoms in total. The molecule has 2 rings (SSSR count). The minimum absolute atomic E-state index is 0.758. The molecule has 0 aliphatic carbocycles. The van der Waals surface area contributed by atoms with Crippen molar-refractivity contribution < 1.29 is 0 Å². The second-order valence-electron chi connectivity index (χ2n) is 3.12. The first-order valence-electron chi connectivity index (χ1n) is 4.86. The molecule has 2 aromatic heterocycles. The molecule has 2 heterocycles. The molecule has 0 unspecified atom stereocenters. The second kappa shape index (κ2) is 4.77. The van der Waals surface area contributed by atoms with E-state index in [1.165, 1.54) is 4.88 Å². The van der Waals surface area contributed by atoms with E-state index in [-0.39, 0.29) is 0 Å². The monoisotopic (exact) mass is 236 g/mol. The molecule has 78 valence electrons. The summed E-state index contributed by atoms with van der Waals surface area (Å²) < 4.78 is 0. The van der Waals surface area contributed by atoms with E-state index in [0.29, 0.717) is 0 Å². The fourth-order valence-corrected chi connectivity index (χ4v) is 2.74. The summed E-state index contributed by atoms with van der Waals surface area (Å²) in [5.41, 5.74) is 2.10. The molecule has 0 amide bonds. The summed E-state index contributed by atoms with van der Waals surface area (Å²) in [4.78, 5) is 10.1. The Morgan fingerprint density at radius 3 is 2.80 bits per heavy atom. The van der Waals surface area contributed by atoms with Gasteiger partial charge >= 0.3 is 0 Å². The molecular formula is C11H12N2S2. The Morgan fingerprint density at radius 1 is 1.40 bits per heavy atom. The minimum Gasteiger partial charge on any atom is -0.254 e. The van der Waals surface area contributed by atoms with Gasteiger partial charge in [-0.15, -0.1) is 11.3 Å². The van der Waals surface area contributed by atoms with Crippen molar-refractivity contribution in [2.45, 2.75) is 19.1 Å². The van der Waals surface area contributed by atoms with Crippen LogP contribution in [0.25, 0.3) is 10.7 Å². The van der Waals surface area contributed by atoms with E-state index in [2.05, 4.69) is 29.5 Å². The van der Waals surface area contributed by atoms with Gasteiger partial charge in [0.1, 0.15) is 5.01 Å². The third-order valence-electron chi connectivity index (χ3n) is 2.14. The lowest BCUT2D eigenvalue weighted by atomic mass is 10.3. The molecule has 0 fully saturated rings. The molecule has 15 heavy (non-hydrogen) atoms. The molecule has 0 aliphatic rings. The average Bonchev–Trinajstić information content (AvgIpc) is 2.73. The Hall–Kier alpha value is -0.870. The molecule has 0 aliphatic heterocycles. The number of aromatic nitrogens is 2. The van der Waals surface area contributed by atoms with E-state index in [1.54, 1.807) is 17.5 Å². The van der Waals surface area contributed by atoms with Crippen LogP contribution >= 0.6 is 24.0 Å². The molecule has 2 aromatic rings. The van der Waals surface area contributed by atoms with E-state index in [4.69, 9.17) is 0 Å². The Morgan fingerprint density at radius 2 is 2.27 bits per heavy atom. The van der Waals surface area contributed by atoms with Crippen LogP contribution in [-0.2, 0) is 12.2 Å². The second-order valence-corrected chi connectivity index (χ2v) is 4.52. The number of hydrogen-bond acceptors (Lipinski definition) is 4. The topological polar surface area (TPSA) is 25.8 Å². The van der Waals surface area contributed by atoms with Crippen LogP contribution in [0.4, 0.5) is 0 Å². The van der Waals surface area contributed by atoms with Gasteiger partial charge in [-0.2, -0.15) is 12.6 Å². The lowest BCUT2D eigenvalue weighted by molar-refractivity contribution is 1.04. The molecular weight excluding hydrogens is 224 g/mol. The normalized spacial score (nSPS) is 10.5. The van der Waals surface area contributed by atoms with E-state index in [1.807, 2.05) is 18.2 Å². The highest BCUT2D eigenvalue weighted by atomic mass is 32.1. The fourth-order valence-electron chi connectivity index (χ4n) is 1.38. The third kappa shape index (κ3) is 2.21. The maximum atomic E-state index is 4.58. The van der Waals surface area contributed by atoms with Crippen molar-refractivity contribution in [2.75, 3.05) is 0 Å². The van der Waals surface area contributed by atoms with Crippen LogP contribution in [0.15, 0.2) is 24.4 Å². The Labute approximate surface area is 98.8 Å². The zero-order valence-electron chi connectivity index (χ0n) is 8.47. The van der Waals surface area contributed by atoms with Gasteiger partial charge in [-0.25, -0.2) is 4.98 Å². The Kier molecular flexibility index (Phi) is 3.38. The first-order valence-corrected chi connectivity index (χ1v) is 6.31. The first-order chi connectivity index (χ1) is 7.35. The smallest absolute Gasteiger partial charge is 0.142 e. The summed E-state index contributed by atoms with van der Waals surface area (Å²) in [5, 5.41) is 0.997. The molecule has 0 atom stereocenters. The van der Waals surface area contributed by atoms with Crippen molar-refractivity contribution in [3.63, 3.8) is 0 Å². The number of thiazole rings is 1. The standard InChI is InChI=1S/C11H12N2S2/c1-2-8-10(7-14)15-11(13-8)9-5-3-4-6-12-9/h3-6,14H,2,7H2,1H3. The van der Waals surface area contributed by atoms with Crippen molar-refractivity contribution in [1.29, 1.82) is 0 Å². The van der Waals surface area contributed by atoms with Crippen LogP contribution in [-0.4, -0.2) is 9.97 Å². The van der Waals surface area contributed by atoms with Gasteiger partial charge in [-0.05, 0) is 18.6 Å². The van der Waals surface area contributed by atoms with Gasteiger partial charge in [0.2, 0.25) is 0 Å². The summed E-state index contributed by atoms with van der Waals surface area (Å²) in [6.45, 7) is 2.12. The maximum absolute atomic E-state index is 4.58.